The molecule has 3 rings (SSSR count). The number of likely N-dealkylation sites (N-methyl/N-ethyl adjacent to an activating group) is 1. The van der Waals surface area contributed by atoms with Crippen LogP contribution in [0.1, 0.15) is 35.9 Å². The van der Waals surface area contributed by atoms with Gasteiger partial charge in [-0.3, -0.25) is 0 Å². The van der Waals surface area contributed by atoms with E-state index in [1.54, 1.807) is 11.9 Å². The number of aliphatic imine (C=N–C) groups is 1. The van der Waals surface area contributed by atoms with Crippen LogP contribution < -0.4 is 5.73 Å². The van der Waals surface area contributed by atoms with Crippen molar-refractivity contribution < 1.29 is 4.79 Å². The molecule has 1 saturated carbocycles. The second kappa shape index (κ2) is 3.58. The number of nitrogens with zero attached hydrogens (tertiary/aromatic N) is 2. The molecule has 1 aliphatic carbocycles. The summed E-state index contributed by atoms with van der Waals surface area (Å²) in [6.45, 7) is 0. The molecule has 2 aliphatic rings. The highest BCUT2D eigenvalue weighted by Gasteiger charge is 2.31. The van der Waals surface area contributed by atoms with Gasteiger partial charge in [-0.15, -0.1) is 0 Å². The largest absolute Gasteiger partial charge is 0.385 e. The molecule has 1 atom stereocenters. The van der Waals surface area contributed by atoms with E-state index < -0.39 is 0 Å². The second-order valence-electron chi connectivity index (χ2n) is 4.77. The van der Waals surface area contributed by atoms with Gasteiger partial charge in [0, 0.05) is 7.05 Å². The lowest BCUT2D eigenvalue weighted by atomic mass is 10.0. The number of carbonyl (C=O) groups is 1. The molecule has 4 heteroatoms. The molecule has 0 radical (unpaired) electrons. The van der Waals surface area contributed by atoms with E-state index in [-0.39, 0.29) is 12.1 Å². The van der Waals surface area contributed by atoms with Gasteiger partial charge in [-0.05, 0) is 29.9 Å². The first-order valence-electron chi connectivity index (χ1n) is 5.87. The Hall–Kier alpha value is -1.84. The molecule has 1 aromatic carbocycles. The van der Waals surface area contributed by atoms with E-state index in [0.717, 1.165) is 11.5 Å². The number of hydrogen-bond acceptors (Lipinski definition) is 2. The van der Waals surface area contributed by atoms with E-state index in [1.165, 1.54) is 18.4 Å². The summed E-state index contributed by atoms with van der Waals surface area (Å²) in [7, 11) is 1.73. The Morgan fingerprint density at radius 3 is 2.29 bits per heavy atom. The highest BCUT2D eigenvalue weighted by Crippen LogP contribution is 2.40. The van der Waals surface area contributed by atoms with E-state index in [1.807, 2.05) is 0 Å². The van der Waals surface area contributed by atoms with Crippen molar-refractivity contribution in [3.63, 3.8) is 0 Å². The van der Waals surface area contributed by atoms with Crippen molar-refractivity contribution in [1.82, 2.24) is 4.90 Å². The molecule has 1 fully saturated rings. The van der Waals surface area contributed by atoms with Crippen molar-refractivity contribution in [2.75, 3.05) is 7.05 Å². The molecule has 17 heavy (non-hydrogen) atoms. The lowest BCUT2D eigenvalue weighted by Crippen LogP contribution is -2.29. The van der Waals surface area contributed by atoms with Gasteiger partial charge in [0.05, 0.1) is 0 Å². The van der Waals surface area contributed by atoms with Crippen molar-refractivity contribution in [1.29, 1.82) is 0 Å². The standard InChI is InChI=1S/C13H15N3O/c1-16-11(12(14)15-13(16)17)10-6-4-9(5-7-10)8-2-3-8/h4-8,11H,2-3H2,1H3,(H2,14,15,17). The van der Waals surface area contributed by atoms with Crippen molar-refractivity contribution in [3.05, 3.63) is 35.4 Å². The van der Waals surface area contributed by atoms with E-state index in [9.17, 15) is 4.79 Å². The second-order valence-corrected chi connectivity index (χ2v) is 4.77. The number of urea groups is 1. The van der Waals surface area contributed by atoms with Crippen LogP contribution in [0.25, 0.3) is 0 Å². The third kappa shape index (κ3) is 1.69. The summed E-state index contributed by atoms with van der Waals surface area (Å²) in [6, 6.07) is 7.91. The lowest BCUT2D eigenvalue weighted by Gasteiger charge is -2.19. The van der Waals surface area contributed by atoms with E-state index >= 15 is 0 Å². The highest BCUT2D eigenvalue weighted by molar-refractivity contribution is 6.03. The molecule has 0 spiro atoms. The Bertz CT molecular complexity index is 488. The van der Waals surface area contributed by atoms with Crippen LogP contribution in [0.4, 0.5) is 4.79 Å². The van der Waals surface area contributed by atoms with Gasteiger partial charge in [-0.2, -0.15) is 4.99 Å². The third-order valence-corrected chi connectivity index (χ3v) is 3.49. The first-order chi connectivity index (χ1) is 8.16. The Balaban J connectivity index is 1.88. The summed E-state index contributed by atoms with van der Waals surface area (Å²) in [5.41, 5.74) is 8.21. The summed E-state index contributed by atoms with van der Waals surface area (Å²) < 4.78 is 0. The molecule has 0 aromatic heterocycles. The van der Waals surface area contributed by atoms with Gasteiger partial charge < -0.3 is 10.6 Å². The van der Waals surface area contributed by atoms with Crippen molar-refractivity contribution in [3.8, 4) is 0 Å². The first kappa shape index (κ1) is 10.3. The predicted octanol–water partition coefficient (Wildman–Crippen LogP) is 2.03. The molecule has 2 amide bonds. The van der Waals surface area contributed by atoms with Crippen molar-refractivity contribution in [2.45, 2.75) is 24.8 Å². The molecule has 1 aromatic rings. The van der Waals surface area contributed by atoms with Gasteiger partial charge in [0.25, 0.3) is 0 Å². The van der Waals surface area contributed by atoms with Crippen molar-refractivity contribution in [2.24, 2.45) is 10.7 Å². The molecule has 1 heterocycles. The zero-order valence-corrected chi connectivity index (χ0v) is 9.76. The minimum absolute atomic E-state index is 0.198. The van der Waals surface area contributed by atoms with Crippen molar-refractivity contribution >= 4 is 11.9 Å². The molecule has 1 aliphatic heterocycles. The fourth-order valence-electron chi connectivity index (χ4n) is 2.32. The van der Waals surface area contributed by atoms with E-state index in [0.29, 0.717) is 5.84 Å². The van der Waals surface area contributed by atoms with Crippen LogP contribution in [0.2, 0.25) is 0 Å². The van der Waals surface area contributed by atoms with Gasteiger partial charge in [-0.1, -0.05) is 24.3 Å². The van der Waals surface area contributed by atoms with Crippen LogP contribution in [-0.2, 0) is 0 Å². The van der Waals surface area contributed by atoms with Crippen LogP contribution in [0, 0.1) is 0 Å². The van der Waals surface area contributed by atoms with Gasteiger partial charge in [0.2, 0.25) is 0 Å². The summed E-state index contributed by atoms with van der Waals surface area (Å²) in [4.78, 5) is 16.8. The molecule has 1 unspecified atom stereocenters. The zero-order chi connectivity index (χ0) is 12.0. The number of amidine groups is 1. The van der Waals surface area contributed by atoms with Crippen LogP contribution in [0.3, 0.4) is 0 Å². The fraction of sp³-hybridized carbons (Fsp3) is 0.385. The molecular formula is C13H15N3O. The number of amides is 2. The zero-order valence-electron chi connectivity index (χ0n) is 9.76. The van der Waals surface area contributed by atoms with Gasteiger partial charge in [0.1, 0.15) is 11.9 Å². The van der Waals surface area contributed by atoms with Gasteiger partial charge >= 0.3 is 6.03 Å². The van der Waals surface area contributed by atoms with Gasteiger partial charge in [-0.25, -0.2) is 4.79 Å². The topological polar surface area (TPSA) is 58.7 Å². The molecule has 2 N–H and O–H groups in total. The van der Waals surface area contributed by atoms with E-state index in [2.05, 4.69) is 29.3 Å². The summed E-state index contributed by atoms with van der Waals surface area (Å²) in [6.07, 6.45) is 2.59. The predicted molar refractivity (Wildman–Crippen MR) is 65.9 cm³/mol. The van der Waals surface area contributed by atoms with Crippen LogP contribution in [0.15, 0.2) is 29.3 Å². The minimum atomic E-state index is -0.265. The number of hydrogen-bond donors (Lipinski definition) is 1. The smallest absolute Gasteiger partial charge is 0.345 e. The third-order valence-electron chi connectivity index (χ3n) is 3.49. The fourth-order valence-corrected chi connectivity index (χ4v) is 2.32. The average molecular weight is 229 g/mol. The highest BCUT2D eigenvalue weighted by atomic mass is 16.2. The Morgan fingerprint density at radius 1 is 1.24 bits per heavy atom. The quantitative estimate of drug-likeness (QED) is 0.843. The lowest BCUT2D eigenvalue weighted by molar-refractivity contribution is 0.218. The maximum absolute atomic E-state index is 11.4. The minimum Gasteiger partial charge on any atom is -0.385 e. The maximum Gasteiger partial charge on any atom is 0.345 e. The van der Waals surface area contributed by atoms with Crippen LogP contribution in [-0.4, -0.2) is 23.8 Å². The number of carbonyl (C=O) groups excluding carboxylic acids is 1. The summed E-state index contributed by atoms with van der Waals surface area (Å²) in [5, 5.41) is 0. The normalized spacial score (nSPS) is 24.1. The first-order valence-corrected chi connectivity index (χ1v) is 5.87. The number of benzene rings is 1. The number of nitrogens with two attached hydrogens (primary N) is 1. The maximum atomic E-state index is 11.4. The SMILES string of the molecule is CN1C(=O)N=C(N)C1c1ccc(C2CC2)cc1. The van der Waals surface area contributed by atoms with Crippen LogP contribution in [0.5, 0.6) is 0 Å². The molecular weight excluding hydrogens is 214 g/mol. The Kier molecular flexibility index (Phi) is 2.18. The van der Waals surface area contributed by atoms with Crippen LogP contribution >= 0.6 is 0 Å². The van der Waals surface area contributed by atoms with Gasteiger partial charge in [0.15, 0.2) is 0 Å². The molecule has 0 bridgehead atoms. The molecule has 4 nitrogen and oxygen atoms in total. The van der Waals surface area contributed by atoms with E-state index in [4.69, 9.17) is 5.73 Å². The molecule has 88 valence electrons. The monoisotopic (exact) mass is 229 g/mol. The Labute approximate surface area is 100 Å². The summed E-state index contributed by atoms with van der Waals surface area (Å²) >= 11 is 0. The Morgan fingerprint density at radius 2 is 1.82 bits per heavy atom. The molecule has 0 saturated heterocycles. The average Bonchev–Trinajstić information content (AvgIpc) is 3.10. The number of rotatable bonds is 2. The summed E-state index contributed by atoms with van der Waals surface area (Å²) in [5.74, 6) is 1.13.